The lowest BCUT2D eigenvalue weighted by atomic mass is 10.1. The van der Waals surface area contributed by atoms with Gasteiger partial charge in [0.1, 0.15) is 0 Å². The van der Waals surface area contributed by atoms with Gasteiger partial charge >= 0.3 is 0 Å². The van der Waals surface area contributed by atoms with Gasteiger partial charge in [-0.05, 0) is 18.2 Å². The maximum Gasteiger partial charge on any atom is 0.0933 e. The van der Waals surface area contributed by atoms with E-state index in [1.807, 2.05) is 6.07 Å². The largest absolute Gasteiger partial charge is 0.398 e. The number of rotatable bonds is 1. The summed E-state index contributed by atoms with van der Waals surface area (Å²) in [5.74, 6) is 0. The standard InChI is InChI=1S/C9H6Cl2N2/c10-6-1-2-8(11)7(5-6)9(13)3-4-12/h1-3,5H,13H2/b9-3-. The highest BCUT2D eigenvalue weighted by Gasteiger charge is 2.03. The number of nitrogens with two attached hydrogens (primary N) is 1. The van der Waals surface area contributed by atoms with E-state index in [9.17, 15) is 0 Å². The van der Waals surface area contributed by atoms with E-state index in [-0.39, 0.29) is 0 Å². The molecule has 0 unspecified atom stereocenters. The van der Waals surface area contributed by atoms with E-state index in [2.05, 4.69) is 0 Å². The molecule has 0 bridgehead atoms. The molecule has 66 valence electrons. The number of nitrogens with zero attached hydrogens (tertiary/aromatic N) is 1. The number of hydrogen-bond donors (Lipinski definition) is 1. The van der Waals surface area contributed by atoms with Gasteiger partial charge in [-0.1, -0.05) is 23.2 Å². The van der Waals surface area contributed by atoms with Crippen LogP contribution >= 0.6 is 23.2 Å². The van der Waals surface area contributed by atoms with E-state index in [0.29, 0.717) is 21.3 Å². The van der Waals surface area contributed by atoms with Crippen molar-refractivity contribution < 1.29 is 0 Å². The van der Waals surface area contributed by atoms with E-state index in [1.54, 1.807) is 18.2 Å². The third-order valence-corrected chi connectivity index (χ3v) is 2.02. The third-order valence-electron chi connectivity index (χ3n) is 1.46. The summed E-state index contributed by atoms with van der Waals surface area (Å²) in [6.07, 6.45) is 1.22. The van der Waals surface area contributed by atoms with Crippen molar-refractivity contribution in [1.29, 1.82) is 5.26 Å². The van der Waals surface area contributed by atoms with E-state index in [4.69, 9.17) is 34.2 Å². The minimum Gasteiger partial charge on any atom is -0.398 e. The molecule has 0 aliphatic rings. The van der Waals surface area contributed by atoms with E-state index in [0.717, 1.165) is 0 Å². The summed E-state index contributed by atoms with van der Waals surface area (Å²) in [5.41, 5.74) is 6.46. The molecule has 0 fully saturated rings. The Hall–Kier alpha value is -1.17. The van der Waals surface area contributed by atoms with Crippen LogP contribution in [0.3, 0.4) is 0 Å². The Bertz CT molecular complexity index is 391. The summed E-state index contributed by atoms with van der Waals surface area (Å²) < 4.78 is 0. The van der Waals surface area contributed by atoms with Crippen LogP contribution in [0.1, 0.15) is 5.56 Å². The second-order valence-corrected chi connectivity index (χ2v) is 3.20. The van der Waals surface area contributed by atoms with E-state index >= 15 is 0 Å². The van der Waals surface area contributed by atoms with Crippen molar-refractivity contribution in [2.24, 2.45) is 5.73 Å². The Morgan fingerprint density at radius 2 is 2.15 bits per heavy atom. The fraction of sp³-hybridized carbons (Fsp3) is 0. The average molecular weight is 213 g/mol. The minimum absolute atomic E-state index is 0.315. The molecular formula is C9H6Cl2N2. The highest BCUT2D eigenvalue weighted by atomic mass is 35.5. The molecule has 1 aromatic carbocycles. The van der Waals surface area contributed by atoms with Crippen LogP contribution in [0.15, 0.2) is 24.3 Å². The average Bonchev–Trinajstić information content (AvgIpc) is 2.09. The fourth-order valence-corrected chi connectivity index (χ4v) is 1.26. The van der Waals surface area contributed by atoms with Gasteiger partial charge in [0.15, 0.2) is 0 Å². The summed E-state index contributed by atoms with van der Waals surface area (Å²) in [4.78, 5) is 0. The van der Waals surface area contributed by atoms with Crippen LogP contribution in [0.5, 0.6) is 0 Å². The molecule has 0 radical (unpaired) electrons. The molecule has 0 aliphatic carbocycles. The second-order valence-electron chi connectivity index (χ2n) is 2.35. The minimum atomic E-state index is 0.315. The molecule has 0 saturated heterocycles. The van der Waals surface area contributed by atoms with Crippen LogP contribution in [0.25, 0.3) is 5.70 Å². The Kier molecular flexibility index (Phi) is 3.18. The first-order valence-electron chi connectivity index (χ1n) is 3.46. The molecule has 1 rings (SSSR count). The van der Waals surface area contributed by atoms with Crippen molar-refractivity contribution in [3.05, 3.63) is 39.9 Å². The highest BCUT2D eigenvalue weighted by molar-refractivity contribution is 6.34. The zero-order valence-corrected chi connectivity index (χ0v) is 8.10. The van der Waals surface area contributed by atoms with Gasteiger partial charge in [0.05, 0.1) is 11.8 Å². The molecule has 0 saturated carbocycles. The molecule has 0 aromatic heterocycles. The monoisotopic (exact) mass is 212 g/mol. The smallest absolute Gasteiger partial charge is 0.0933 e. The summed E-state index contributed by atoms with van der Waals surface area (Å²) in [6.45, 7) is 0. The molecule has 2 nitrogen and oxygen atoms in total. The Morgan fingerprint density at radius 1 is 1.46 bits per heavy atom. The van der Waals surface area contributed by atoms with Crippen molar-refractivity contribution in [3.63, 3.8) is 0 Å². The molecule has 0 atom stereocenters. The lowest BCUT2D eigenvalue weighted by Crippen LogP contribution is -1.96. The summed E-state index contributed by atoms with van der Waals surface area (Å²) in [7, 11) is 0. The fourth-order valence-electron chi connectivity index (χ4n) is 0.866. The molecule has 0 amide bonds. The van der Waals surface area contributed by atoms with E-state index < -0.39 is 0 Å². The van der Waals surface area contributed by atoms with E-state index in [1.165, 1.54) is 6.08 Å². The lowest BCUT2D eigenvalue weighted by Gasteiger charge is -2.03. The Balaban J connectivity index is 3.22. The number of halogens is 2. The van der Waals surface area contributed by atoms with Crippen LogP contribution in [0.2, 0.25) is 10.0 Å². The molecule has 0 heterocycles. The van der Waals surface area contributed by atoms with Crippen LogP contribution in [-0.4, -0.2) is 0 Å². The van der Waals surface area contributed by atoms with Crippen molar-refractivity contribution in [1.82, 2.24) is 0 Å². The Morgan fingerprint density at radius 3 is 2.77 bits per heavy atom. The molecule has 2 N–H and O–H groups in total. The summed E-state index contributed by atoms with van der Waals surface area (Å²) >= 11 is 11.6. The number of benzene rings is 1. The third kappa shape index (κ3) is 2.38. The topological polar surface area (TPSA) is 49.8 Å². The second kappa shape index (κ2) is 4.18. The molecule has 4 heteroatoms. The SMILES string of the molecule is N#C/C=C(\N)c1cc(Cl)ccc1Cl. The molecule has 0 aliphatic heterocycles. The van der Waals surface area contributed by atoms with Crippen molar-refractivity contribution in [2.75, 3.05) is 0 Å². The maximum atomic E-state index is 8.38. The van der Waals surface area contributed by atoms with Gasteiger partial charge in [0, 0.05) is 21.7 Å². The zero-order chi connectivity index (χ0) is 9.84. The van der Waals surface area contributed by atoms with Gasteiger partial charge in [0.2, 0.25) is 0 Å². The summed E-state index contributed by atoms with van der Waals surface area (Å²) in [5, 5.41) is 9.39. The van der Waals surface area contributed by atoms with Gasteiger partial charge in [-0.3, -0.25) is 0 Å². The number of allylic oxidation sites excluding steroid dienone is 1. The van der Waals surface area contributed by atoms with Crippen LogP contribution in [-0.2, 0) is 0 Å². The molecule has 13 heavy (non-hydrogen) atoms. The van der Waals surface area contributed by atoms with Crippen molar-refractivity contribution >= 4 is 28.9 Å². The number of hydrogen-bond acceptors (Lipinski definition) is 2. The van der Waals surface area contributed by atoms with Gasteiger partial charge in [-0.2, -0.15) is 5.26 Å². The zero-order valence-electron chi connectivity index (χ0n) is 6.59. The predicted octanol–water partition coefficient (Wildman–Crippen LogP) is 2.82. The van der Waals surface area contributed by atoms with Gasteiger partial charge in [-0.25, -0.2) is 0 Å². The lowest BCUT2D eigenvalue weighted by molar-refractivity contribution is 1.49. The first-order chi connectivity index (χ1) is 6.15. The van der Waals surface area contributed by atoms with Crippen LogP contribution < -0.4 is 5.73 Å². The first-order valence-corrected chi connectivity index (χ1v) is 4.21. The van der Waals surface area contributed by atoms with Crippen LogP contribution in [0.4, 0.5) is 0 Å². The van der Waals surface area contributed by atoms with Crippen molar-refractivity contribution in [2.45, 2.75) is 0 Å². The number of nitriles is 1. The predicted molar refractivity (Wildman–Crippen MR) is 54.2 cm³/mol. The summed E-state index contributed by atoms with van der Waals surface area (Å²) in [6, 6.07) is 6.74. The van der Waals surface area contributed by atoms with Gasteiger partial charge in [0.25, 0.3) is 0 Å². The molecule has 1 aromatic rings. The first kappa shape index (κ1) is 9.91. The maximum absolute atomic E-state index is 8.38. The van der Waals surface area contributed by atoms with Gasteiger partial charge in [-0.15, -0.1) is 0 Å². The molecule has 0 spiro atoms. The highest BCUT2D eigenvalue weighted by Crippen LogP contribution is 2.24. The normalized spacial score (nSPS) is 11.0. The Labute approximate surface area is 86.2 Å². The quantitative estimate of drug-likeness (QED) is 0.729. The van der Waals surface area contributed by atoms with Gasteiger partial charge < -0.3 is 5.73 Å². The van der Waals surface area contributed by atoms with Crippen LogP contribution in [0, 0.1) is 11.3 Å². The van der Waals surface area contributed by atoms with Crippen molar-refractivity contribution in [3.8, 4) is 6.07 Å². The molecular weight excluding hydrogens is 207 g/mol.